The fourth-order valence-corrected chi connectivity index (χ4v) is 2.62. The Bertz CT molecular complexity index is 659. The van der Waals surface area contributed by atoms with Crippen molar-refractivity contribution in [3.8, 4) is 0 Å². The highest BCUT2D eigenvalue weighted by molar-refractivity contribution is 7.14. The van der Waals surface area contributed by atoms with E-state index in [1.54, 1.807) is 6.07 Å². The highest BCUT2D eigenvalue weighted by Gasteiger charge is 2.14. The zero-order valence-corrected chi connectivity index (χ0v) is 12.8. The predicted molar refractivity (Wildman–Crippen MR) is 80.0 cm³/mol. The number of carbonyl (C=O) groups is 3. The number of furan rings is 1. The van der Waals surface area contributed by atoms with Gasteiger partial charge in [-0.2, -0.15) is 0 Å². The van der Waals surface area contributed by atoms with Crippen molar-refractivity contribution in [3.05, 3.63) is 46.0 Å². The maximum Gasteiger partial charge on any atom is 0.341 e. The number of carbonyl (C=O) groups excluding carboxylic acids is 3. The molecule has 0 fully saturated rings. The average molecular weight is 321 g/mol. The number of amides is 1. The second kappa shape index (κ2) is 7.56. The fraction of sp³-hybridized carbons (Fsp3) is 0.267. The lowest BCUT2D eigenvalue weighted by Gasteiger charge is -2.01. The Morgan fingerprint density at radius 3 is 2.77 bits per heavy atom. The van der Waals surface area contributed by atoms with Gasteiger partial charge in [0.15, 0.2) is 6.61 Å². The monoisotopic (exact) mass is 321 g/mol. The molecule has 22 heavy (non-hydrogen) atoms. The molecule has 6 nitrogen and oxygen atoms in total. The van der Waals surface area contributed by atoms with Crippen LogP contribution in [0.15, 0.2) is 35.1 Å². The molecule has 116 valence electrons. The highest BCUT2D eigenvalue weighted by atomic mass is 32.1. The summed E-state index contributed by atoms with van der Waals surface area (Å²) in [5.74, 6) is -0.934. The molecule has 0 bridgehead atoms. The summed E-state index contributed by atoms with van der Waals surface area (Å²) in [5.41, 5.74) is 0.273. The van der Waals surface area contributed by atoms with Gasteiger partial charge in [-0.15, -0.1) is 11.3 Å². The molecule has 1 amide bonds. The van der Waals surface area contributed by atoms with E-state index in [1.807, 2.05) is 6.07 Å². The molecule has 2 aromatic heterocycles. The normalized spacial score (nSPS) is 10.2. The molecule has 7 heteroatoms. The van der Waals surface area contributed by atoms with E-state index in [-0.39, 0.29) is 23.9 Å². The number of Topliss-reactive ketones (excluding diaryl/α,β-unsaturated/α-hetero) is 1. The van der Waals surface area contributed by atoms with Crippen LogP contribution in [0.2, 0.25) is 0 Å². The van der Waals surface area contributed by atoms with Crippen LogP contribution in [0.4, 0.5) is 0 Å². The first-order valence-electron chi connectivity index (χ1n) is 6.62. The van der Waals surface area contributed by atoms with Crippen LogP contribution in [0.3, 0.4) is 0 Å². The number of hydrogen-bond acceptors (Lipinski definition) is 6. The van der Waals surface area contributed by atoms with E-state index >= 15 is 0 Å². The van der Waals surface area contributed by atoms with Crippen LogP contribution in [0, 0.1) is 0 Å². The SMILES string of the molecule is CC(=O)NCCc1ccc(C(=O)COC(=O)c2ccoc2)s1. The van der Waals surface area contributed by atoms with Gasteiger partial charge < -0.3 is 14.5 Å². The molecular formula is C15H15NO5S. The molecule has 0 aliphatic heterocycles. The molecular weight excluding hydrogens is 306 g/mol. The Labute approximate surface area is 131 Å². The summed E-state index contributed by atoms with van der Waals surface area (Å²) in [6.45, 7) is 1.67. The summed E-state index contributed by atoms with van der Waals surface area (Å²) >= 11 is 1.33. The van der Waals surface area contributed by atoms with Gasteiger partial charge in [0, 0.05) is 18.3 Å². The lowest BCUT2D eigenvalue weighted by atomic mass is 10.3. The molecule has 0 atom stereocenters. The summed E-state index contributed by atoms with van der Waals surface area (Å²) in [4.78, 5) is 35.8. The third-order valence-electron chi connectivity index (χ3n) is 2.77. The quantitative estimate of drug-likeness (QED) is 0.623. The van der Waals surface area contributed by atoms with Crippen LogP contribution in [-0.4, -0.2) is 30.8 Å². The molecule has 0 saturated carbocycles. The van der Waals surface area contributed by atoms with Crippen LogP contribution < -0.4 is 5.32 Å². The number of esters is 1. The minimum absolute atomic E-state index is 0.0842. The summed E-state index contributed by atoms with van der Waals surface area (Å²) in [6, 6.07) is 5.00. The van der Waals surface area contributed by atoms with E-state index in [4.69, 9.17) is 9.15 Å². The average Bonchev–Trinajstić information content (AvgIpc) is 3.15. The number of ketones is 1. The van der Waals surface area contributed by atoms with Gasteiger partial charge in [0.2, 0.25) is 11.7 Å². The molecule has 0 spiro atoms. The molecule has 2 heterocycles. The van der Waals surface area contributed by atoms with Crippen molar-refractivity contribution in [1.82, 2.24) is 5.32 Å². The maximum absolute atomic E-state index is 12.0. The van der Waals surface area contributed by atoms with Crippen molar-refractivity contribution in [2.75, 3.05) is 13.2 Å². The Balaban J connectivity index is 1.81. The molecule has 0 saturated heterocycles. The van der Waals surface area contributed by atoms with Crippen LogP contribution >= 0.6 is 11.3 Å². The first-order valence-corrected chi connectivity index (χ1v) is 7.43. The summed E-state index contributed by atoms with van der Waals surface area (Å²) in [7, 11) is 0. The first kappa shape index (κ1) is 16.0. The third-order valence-corrected chi connectivity index (χ3v) is 3.96. The Hall–Kier alpha value is -2.41. The fourth-order valence-electron chi connectivity index (χ4n) is 1.69. The van der Waals surface area contributed by atoms with Crippen molar-refractivity contribution in [2.45, 2.75) is 13.3 Å². The lowest BCUT2D eigenvalue weighted by Crippen LogP contribution is -2.22. The first-order chi connectivity index (χ1) is 10.6. The predicted octanol–water partition coefficient (Wildman–Crippen LogP) is 2.06. The molecule has 0 aromatic carbocycles. The summed E-state index contributed by atoms with van der Waals surface area (Å²) in [6.07, 6.45) is 3.28. The lowest BCUT2D eigenvalue weighted by molar-refractivity contribution is -0.118. The van der Waals surface area contributed by atoms with E-state index < -0.39 is 5.97 Å². The minimum Gasteiger partial charge on any atom is -0.472 e. The van der Waals surface area contributed by atoms with Gasteiger partial charge >= 0.3 is 5.97 Å². The van der Waals surface area contributed by atoms with Crippen molar-refractivity contribution >= 4 is 29.0 Å². The highest BCUT2D eigenvalue weighted by Crippen LogP contribution is 2.17. The van der Waals surface area contributed by atoms with Crippen molar-refractivity contribution < 1.29 is 23.5 Å². The largest absolute Gasteiger partial charge is 0.472 e. The third kappa shape index (κ3) is 4.56. The smallest absolute Gasteiger partial charge is 0.341 e. The number of hydrogen-bond donors (Lipinski definition) is 1. The number of rotatable bonds is 7. The Morgan fingerprint density at radius 1 is 1.27 bits per heavy atom. The van der Waals surface area contributed by atoms with Crippen LogP contribution in [0.25, 0.3) is 0 Å². The molecule has 2 aromatic rings. The van der Waals surface area contributed by atoms with E-state index in [0.29, 0.717) is 17.8 Å². The second-order valence-corrected chi connectivity index (χ2v) is 5.68. The van der Waals surface area contributed by atoms with Crippen LogP contribution in [0.5, 0.6) is 0 Å². The van der Waals surface area contributed by atoms with Crippen LogP contribution in [-0.2, 0) is 16.0 Å². The molecule has 2 rings (SSSR count). The van der Waals surface area contributed by atoms with Gasteiger partial charge in [0.1, 0.15) is 6.26 Å². The summed E-state index contributed by atoms with van der Waals surface area (Å²) < 4.78 is 9.70. The standard InChI is InChI=1S/C15H15NO5S/c1-10(17)16-6-4-12-2-3-14(22-12)13(18)9-21-15(19)11-5-7-20-8-11/h2-3,5,7-8H,4,6,9H2,1H3,(H,16,17). The van der Waals surface area contributed by atoms with E-state index in [9.17, 15) is 14.4 Å². The van der Waals surface area contributed by atoms with E-state index in [1.165, 1.54) is 36.9 Å². The number of thiophene rings is 1. The van der Waals surface area contributed by atoms with Gasteiger partial charge in [0.05, 0.1) is 16.7 Å². The maximum atomic E-state index is 12.0. The van der Waals surface area contributed by atoms with E-state index in [2.05, 4.69) is 5.32 Å². The molecule has 1 N–H and O–H groups in total. The second-order valence-electron chi connectivity index (χ2n) is 4.51. The number of ether oxygens (including phenoxy) is 1. The van der Waals surface area contributed by atoms with Gasteiger partial charge in [0.25, 0.3) is 0 Å². The molecule has 0 unspecified atom stereocenters. The van der Waals surface area contributed by atoms with Crippen molar-refractivity contribution in [1.29, 1.82) is 0 Å². The summed E-state index contributed by atoms with van der Waals surface area (Å²) in [5, 5.41) is 2.69. The van der Waals surface area contributed by atoms with Gasteiger partial charge in [-0.1, -0.05) is 0 Å². The van der Waals surface area contributed by atoms with Crippen LogP contribution in [0.1, 0.15) is 31.8 Å². The van der Waals surface area contributed by atoms with Gasteiger partial charge in [-0.05, 0) is 24.6 Å². The van der Waals surface area contributed by atoms with E-state index in [0.717, 1.165) is 4.88 Å². The molecule has 0 radical (unpaired) electrons. The Kier molecular flexibility index (Phi) is 5.48. The van der Waals surface area contributed by atoms with Crippen molar-refractivity contribution in [2.24, 2.45) is 0 Å². The zero-order chi connectivity index (χ0) is 15.9. The van der Waals surface area contributed by atoms with Crippen molar-refractivity contribution in [3.63, 3.8) is 0 Å². The van der Waals surface area contributed by atoms with Gasteiger partial charge in [-0.3, -0.25) is 9.59 Å². The number of nitrogens with one attached hydrogen (secondary N) is 1. The topological polar surface area (TPSA) is 85.6 Å². The molecule has 0 aliphatic carbocycles. The minimum atomic E-state index is -0.593. The van der Waals surface area contributed by atoms with Gasteiger partial charge in [-0.25, -0.2) is 4.79 Å². The zero-order valence-electron chi connectivity index (χ0n) is 12.0. The Morgan fingerprint density at radius 2 is 2.09 bits per heavy atom. The molecule has 0 aliphatic rings.